The molecule has 6 nitrogen and oxygen atoms in total. The summed E-state index contributed by atoms with van der Waals surface area (Å²) >= 11 is 0. The molecule has 2 aliphatic heterocycles. The topological polar surface area (TPSA) is 59.1 Å². The Morgan fingerprint density at radius 2 is 2.00 bits per heavy atom. The molecule has 6 heteroatoms. The molecule has 0 aromatic heterocycles. The number of carbonyl (C=O) groups is 2. The first-order valence-electron chi connectivity index (χ1n) is 6.49. The summed E-state index contributed by atoms with van der Waals surface area (Å²) in [6.45, 7) is 2.24. The molecule has 2 amide bonds. The summed E-state index contributed by atoms with van der Waals surface area (Å²) in [7, 11) is 1.62. The van der Waals surface area contributed by atoms with Crippen molar-refractivity contribution in [3.8, 4) is 0 Å². The largest absolute Gasteiger partial charge is 0.413 e. The lowest BCUT2D eigenvalue weighted by Crippen LogP contribution is -2.49. The second-order valence-electron chi connectivity index (χ2n) is 5.11. The third-order valence-electron chi connectivity index (χ3n) is 3.56. The molecule has 2 saturated heterocycles. The number of hydrogen-bond acceptors (Lipinski definition) is 4. The van der Waals surface area contributed by atoms with Gasteiger partial charge in [0.15, 0.2) is 0 Å². The van der Waals surface area contributed by atoms with Crippen LogP contribution >= 0.6 is 0 Å². The summed E-state index contributed by atoms with van der Waals surface area (Å²) in [6, 6.07) is 9.56. The van der Waals surface area contributed by atoms with E-state index in [1.807, 2.05) is 30.3 Å². The van der Waals surface area contributed by atoms with Crippen LogP contribution in [-0.2, 0) is 20.8 Å². The molecule has 2 fully saturated rings. The Kier molecular flexibility index (Phi) is 2.90. The Morgan fingerprint density at radius 3 is 2.60 bits per heavy atom. The van der Waals surface area contributed by atoms with Crippen LogP contribution in [0.2, 0.25) is 0 Å². The summed E-state index contributed by atoms with van der Waals surface area (Å²) in [5, 5.41) is 0. The molecule has 0 N–H and O–H groups in total. The summed E-state index contributed by atoms with van der Waals surface area (Å²) in [5.41, 5.74) is 0.962. The maximum absolute atomic E-state index is 12.3. The van der Waals surface area contributed by atoms with Gasteiger partial charge in [-0.1, -0.05) is 30.3 Å². The van der Waals surface area contributed by atoms with Gasteiger partial charge in [0, 0.05) is 7.05 Å². The van der Waals surface area contributed by atoms with Gasteiger partial charge in [-0.2, -0.15) is 0 Å². The number of rotatable bonds is 2. The molecule has 0 bridgehead atoms. The van der Waals surface area contributed by atoms with Gasteiger partial charge in [-0.15, -0.1) is 0 Å². The van der Waals surface area contributed by atoms with Crippen LogP contribution in [0.4, 0.5) is 4.79 Å². The van der Waals surface area contributed by atoms with E-state index in [1.54, 1.807) is 14.0 Å². The van der Waals surface area contributed by atoms with Crippen molar-refractivity contribution in [2.24, 2.45) is 0 Å². The first kappa shape index (κ1) is 12.9. The second-order valence-corrected chi connectivity index (χ2v) is 5.11. The van der Waals surface area contributed by atoms with Crippen molar-refractivity contribution in [2.45, 2.75) is 25.5 Å². The minimum Gasteiger partial charge on any atom is -0.395 e. The molecule has 0 radical (unpaired) electrons. The average molecular weight is 276 g/mol. The van der Waals surface area contributed by atoms with E-state index >= 15 is 0 Å². The van der Waals surface area contributed by atoms with E-state index in [2.05, 4.69) is 0 Å². The lowest BCUT2D eigenvalue weighted by Gasteiger charge is -2.30. The molecule has 2 aliphatic rings. The molecule has 2 heterocycles. The molecule has 106 valence electrons. The molecule has 20 heavy (non-hydrogen) atoms. The fourth-order valence-electron chi connectivity index (χ4n) is 2.55. The third-order valence-corrected chi connectivity index (χ3v) is 3.56. The highest BCUT2D eigenvalue weighted by atomic mass is 16.8. The molecular weight excluding hydrogens is 260 g/mol. The zero-order chi connectivity index (χ0) is 14.3. The summed E-state index contributed by atoms with van der Waals surface area (Å²) < 4.78 is 11.0. The molecule has 0 unspecified atom stereocenters. The summed E-state index contributed by atoms with van der Waals surface area (Å²) in [4.78, 5) is 26.8. The number of benzene rings is 1. The molecule has 0 saturated carbocycles. The predicted molar refractivity (Wildman–Crippen MR) is 69.4 cm³/mol. The van der Waals surface area contributed by atoms with Crippen LogP contribution in [0.5, 0.6) is 0 Å². The van der Waals surface area contributed by atoms with Gasteiger partial charge in [0.05, 0.1) is 6.54 Å². The number of carbonyl (C=O) groups excluding carboxylic acids is 2. The zero-order valence-electron chi connectivity index (χ0n) is 11.4. The van der Waals surface area contributed by atoms with Gasteiger partial charge in [0.1, 0.15) is 12.6 Å². The van der Waals surface area contributed by atoms with Gasteiger partial charge in [0.2, 0.25) is 0 Å². The van der Waals surface area contributed by atoms with Crippen LogP contribution in [0.15, 0.2) is 30.3 Å². The minimum atomic E-state index is -1.29. The first-order chi connectivity index (χ1) is 9.52. The van der Waals surface area contributed by atoms with E-state index in [1.165, 1.54) is 9.80 Å². The monoisotopic (exact) mass is 276 g/mol. The molecule has 1 aromatic rings. The fourth-order valence-corrected chi connectivity index (χ4v) is 2.55. The van der Waals surface area contributed by atoms with Crippen LogP contribution in [-0.4, -0.2) is 47.4 Å². The smallest absolute Gasteiger partial charge is 0.395 e. The zero-order valence-corrected chi connectivity index (χ0v) is 11.4. The fraction of sp³-hybridized carbons (Fsp3) is 0.429. The van der Waals surface area contributed by atoms with E-state index in [0.29, 0.717) is 6.54 Å². The number of ether oxygens (including phenoxy) is 2. The summed E-state index contributed by atoms with van der Waals surface area (Å²) in [6.07, 6.45) is -1.09. The SMILES string of the molecule is C[C@@H]1O[C@]2(CN(C)C(=O)O2)N(Cc2ccccc2)C1=O. The maximum Gasteiger partial charge on any atom is 0.413 e. The van der Waals surface area contributed by atoms with E-state index in [-0.39, 0.29) is 12.5 Å². The van der Waals surface area contributed by atoms with Crippen molar-refractivity contribution in [1.29, 1.82) is 0 Å². The molecule has 0 aliphatic carbocycles. The first-order valence-corrected chi connectivity index (χ1v) is 6.49. The molecule has 2 atom stereocenters. The molecule has 3 rings (SSSR count). The van der Waals surface area contributed by atoms with Crippen molar-refractivity contribution in [3.05, 3.63) is 35.9 Å². The number of likely N-dealkylation sites (N-methyl/N-ethyl adjacent to an activating group) is 1. The number of hydrogen-bond donors (Lipinski definition) is 0. The van der Waals surface area contributed by atoms with Gasteiger partial charge >= 0.3 is 12.0 Å². The van der Waals surface area contributed by atoms with Crippen LogP contribution in [0.25, 0.3) is 0 Å². The van der Waals surface area contributed by atoms with Gasteiger partial charge in [0.25, 0.3) is 5.91 Å². The van der Waals surface area contributed by atoms with Crippen molar-refractivity contribution in [3.63, 3.8) is 0 Å². The highest BCUT2D eigenvalue weighted by molar-refractivity contribution is 5.84. The van der Waals surface area contributed by atoms with Crippen molar-refractivity contribution in [1.82, 2.24) is 9.80 Å². The Morgan fingerprint density at radius 1 is 1.30 bits per heavy atom. The van der Waals surface area contributed by atoms with Crippen LogP contribution in [0.3, 0.4) is 0 Å². The van der Waals surface area contributed by atoms with Crippen molar-refractivity contribution in [2.75, 3.05) is 13.6 Å². The average Bonchev–Trinajstić information content (AvgIpc) is 2.82. The van der Waals surface area contributed by atoms with Crippen molar-refractivity contribution >= 4 is 12.0 Å². The van der Waals surface area contributed by atoms with Crippen molar-refractivity contribution < 1.29 is 19.1 Å². The molecular formula is C14H16N2O4. The Balaban J connectivity index is 1.90. The van der Waals surface area contributed by atoms with Gasteiger partial charge in [-0.05, 0) is 12.5 Å². The minimum absolute atomic E-state index is 0.169. The van der Waals surface area contributed by atoms with Crippen LogP contribution in [0.1, 0.15) is 12.5 Å². The van der Waals surface area contributed by atoms with E-state index in [0.717, 1.165) is 5.56 Å². The normalized spacial score (nSPS) is 29.4. The molecule has 1 spiro atoms. The Hall–Kier alpha value is -2.08. The van der Waals surface area contributed by atoms with Gasteiger partial charge < -0.3 is 14.4 Å². The van der Waals surface area contributed by atoms with Gasteiger partial charge in [-0.3, -0.25) is 9.69 Å². The van der Waals surface area contributed by atoms with E-state index in [4.69, 9.17) is 9.47 Å². The predicted octanol–water partition coefficient (Wildman–Crippen LogP) is 1.17. The quantitative estimate of drug-likeness (QED) is 0.813. The van der Waals surface area contributed by atoms with E-state index in [9.17, 15) is 9.59 Å². The summed E-state index contributed by atoms with van der Waals surface area (Å²) in [5.74, 6) is -1.46. The highest BCUT2D eigenvalue weighted by Gasteiger charge is 2.58. The van der Waals surface area contributed by atoms with Crippen LogP contribution in [0, 0.1) is 0 Å². The Bertz CT molecular complexity index is 543. The highest BCUT2D eigenvalue weighted by Crippen LogP contribution is 2.36. The lowest BCUT2D eigenvalue weighted by molar-refractivity contribution is -0.230. The van der Waals surface area contributed by atoms with E-state index < -0.39 is 18.1 Å². The van der Waals surface area contributed by atoms with Gasteiger partial charge in [-0.25, -0.2) is 4.79 Å². The Labute approximate surface area is 116 Å². The number of nitrogens with zero attached hydrogens (tertiary/aromatic N) is 2. The van der Waals surface area contributed by atoms with Crippen LogP contribution < -0.4 is 0 Å². The second kappa shape index (κ2) is 4.49. The third kappa shape index (κ3) is 1.92. The number of amides is 2. The standard InChI is InChI=1S/C14H16N2O4/c1-10-12(17)16(8-11-6-4-3-5-7-11)14(19-10)9-15(2)13(18)20-14/h3-7,10H,8-9H2,1-2H3/t10-,14-/m0/s1. The lowest BCUT2D eigenvalue weighted by atomic mass is 10.2. The maximum atomic E-state index is 12.3. The molecule has 1 aromatic carbocycles.